The summed E-state index contributed by atoms with van der Waals surface area (Å²) in [4.78, 5) is 4.30. The third kappa shape index (κ3) is 3.41. The van der Waals surface area contributed by atoms with Gasteiger partial charge in [-0.15, -0.1) is 11.8 Å². The van der Waals surface area contributed by atoms with Gasteiger partial charge in [-0.2, -0.15) is 0 Å². The quantitative estimate of drug-likeness (QED) is 0.500. The summed E-state index contributed by atoms with van der Waals surface area (Å²) in [7, 11) is 1.66. The first-order chi connectivity index (χ1) is 5.44. The Morgan fingerprint density at radius 3 is 2.33 bits per heavy atom. The molecule has 0 aromatic heterocycles. The van der Waals surface area contributed by atoms with Crippen LogP contribution in [0.15, 0.2) is 17.3 Å². The van der Waals surface area contributed by atoms with Crippen LogP contribution in [0.25, 0.3) is 0 Å². The van der Waals surface area contributed by atoms with Gasteiger partial charge in [0.25, 0.3) is 0 Å². The molecule has 0 saturated heterocycles. The molecule has 0 aliphatic rings. The van der Waals surface area contributed by atoms with Crippen molar-refractivity contribution in [2.45, 2.75) is 26.4 Å². The predicted octanol–water partition coefficient (Wildman–Crippen LogP) is 2.71. The Morgan fingerprint density at radius 1 is 1.50 bits per heavy atom. The summed E-state index contributed by atoms with van der Waals surface area (Å²) >= 11 is 1.61. The molecule has 0 aliphatic carbocycles. The summed E-state index contributed by atoms with van der Waals surface area (Å²) in [6.07, 6.45) is 1.99. The standard InChI is InChI=1S/C9H17NOS/c1-7(9(3,4)11-5)10-8(2)12-6/h1H2,2-6H3. The van der Waals surface area contributed by atoms with Crippen molar-refractivity contribution in [3.63, 3.8) is 0 Å². The smallest absolute Gasteiger partial charge is 0.103 e. The van der Waals surface area contributed by atoms with E-state index in [0.717, 1.165) is 10.7 Å². The van der Waals surface area contributed by atoms with Crippen LogP contribution in [0.2, 0.25) is 0 Å². The molecule has 3 heteroatoms. The highest BCUT2D eigenvalue weighted by Gasteiger charge is 2.20. The zero-order valence-electron chi connectivity index (χ0n) is 8.47. The molecule has 0 heterocycles. The molecule has 0 atom stereocenters. The molecule has 0 bridgehead atoms. The second-order valence-electron chi connectivity index (χ2n) is 3.00. The Hall–Kier alpha value is -0.280. The van der Waals surface area contributed by atoms with Crippen LogP contribution in [-0.2, 0) is 4.74 Å². The molecule has 0 unspecified atom stereocenters. The van der Waals surface area contributed by atoms with E-state index < -0.39 is 0 Å². The Labute approximate surface area is 79.1 Å². The third-order valence-electron chi connectivity index (χ3n) is 1.79. The van der Waals surface area contributed by atoms with E-state index in [0.29, 0.717) is 0 Å². The molecule has 0 fully saturated rings. The topological polar surface area (TPSA) is 21.6 Å². The zero-order valence-corrected chi connectivity index (χ0v) is 9.29. The molecule has 0 radical (unpaired) electrons. The fraction of sp³-hybridized carbons (Fsp3) is 0.667. The Bertz CT molecular complexity index is 197. The largest absolute Gasteiger partial charge is 0.373 e. The summed E-state index contributed by atoms with van der Waals surface area (Å²) in [5.74, 6) is 0. The van der Waals surface area contributed by atoms with Gasteiger partial charge in [0.05, 0.1) is 10.7 Å². The summed E-state index contributed by atoms with van der Waals surface area (Å²) < 4.78 is 5.23. The molecular weight excluding hydrogens is 170 g/mol. The number of nitrogens with zero attached hydrogens (tertiary/aromatic N) is 1. The highest BCUT2D eigenvalue weighted by atomic mass is 32.2. The van der Waals surface area contributed by atoms with E-state index in [4.69, 9.17) is 4.74 Å². The van der Waals surface area contributed by atoms with Crippen LogP contribution in [0.1, 0.15) is 20.8 Å². The van der Waals surface area contributed by atoms with E-state index >= 15 is 0 Å². The lowest BCUT2D eigenvalue weighted by Crippen LogP contribution is -2.24. The normalized spacial score (nSPS) is 13.2. The molecule has 0 aromatic rings. The van der Waals surface area contributed by atoms with Crippen molar-refractivity contribution in [3.05, 3.63) is 12.3 Å². The zero-order chi connectivity index (χ0) is 9.78. The molecule has 0 spiro atoms. The van der Waals surface area contributed by atoms with Crippen LogP contribution in [0.4, 0.5) is 0 Å². The number of hydrogen-bond acceptors (Lipinski definition) is 3. The molecule has 2 nitrogen and oxygen atoms in total. The maximum absolute atomic E-state index is 5.23. The Balaban J connectivity index is 4.41. The van der Waals surface area contributed by atoms with Gasteiger partial charge < -0.3 is 4.74 Å². The summed E-state index contributed by atoms with van der Waals surface area (Å²) in [5, 5.41) is 1.00. The van der Waals surface area contributed by atoms with Crippen molar-refractivity contribution in [3.8, 4) is 0 Å². The van der Waals surface area contributed by atoms with Crippen LogP contribution < -0.4 is 0 Å². The van der Waals surface area contributed by atoms with Crippen molar-refractivity contribution in [2.24, 2.45) is 4.99 Å². The van der Waals surface area contributed by atoms with Gasteiger partial charge in [0.2, 0.25) is 0 Å². The predicted molar refractivity (Wildman–Crippen MR) is 56.9 cm³/mol. The molecule has 0 N–H and O–H groups in total. The maximum Gasteiger partial charge on any atom is 0.103 e. The van der Waals surface area contributed by atoms with Crippen LogP contribution >= 0.6 is 11.8 Å². The monoisotopic (exact) mass is 187 g/mol. The van der Waals surface area contributed by atoms with Crippen molar-refractivity contribution >= 4 is 16.8 Å². The highest BCUT2D eigenvalue weighted by molar-refractivity contribution is 8.13. The Morgan fingerprint density at radius 2 is 2.00 bits per heavy atom. The fourth-order valence-corrected chi connectivity index (χ4v) is 0.690. The highest BCUT2D eigenvalue weighted by Crippen LogP contribution is 2.20. The summed E-state index contributed by atoms with van der Waals surface area (Å²) in [6.45, 7) is 9.72. The van der Waals surface area contributed by atoms with Gasteiger partial charge in [0.1, 0.15) is 5.60 Å². The van der Waals surface area contributed by atoms with Gasteiger partial charge in [-0.25, -0.2) is 4.99 Å². The molecule has 70 valence electrons. The van der Waals surface area contributed by atoms with Gasteiger partial charge in [-0.3, -0.25) is 0 Å². The van der Waals surface area contributed by atoms with Crippen molar-refractivity contribution in [2.75, 3.05) is 13.4 Å². The van der Waals surface area contributed by atoms with Crippen LogP contribution in [0.3, 0.4) is 0 Å². The summed E-state index contributed by atoms with van der Waals surface area (Å²) in [6, 6.07) is 0. The number of aliphatic imine (C=N–C) groups is 1. The van der Waals surface area contributed by atoms with Crippen LogP contribution in [0.5, 0.6) is 0 Å². The SMILES string of the molecule is C=C(N=C(C)SC)C(C)(C)OC. The van der Waals surface area contributed by atoms with Crippen LogP contribution in [-0.4, -0.2) is 24.0 Å². The summed E-state index contributed by atoms with van der Waals surface area (Å²) in [5.41, 5.74) is 0.397. The first kappa shape index (κ1) is 11.7. The lowest BCUT2D eigenvalue weighted by atomic mass is 10.1. The third-order valence-corrected chi connectivity index (χ3v) is 2.48. The average Bonchev–Trinajstić information content (AvgIpc) is 2.04. The van der Waals surface area contributed by atoms with Crippen molar-refractivity contribution in [1.29, 1.82) is 0 Å². The first-order valence-corrected chi connectivity index (χ1v) is 5.00. The number of methoxy groups -OCH3 is 1. The van der Waals surface area contributed by atoms with Gasteiger partial charge in [-0.1, -0.05) is 6.58 Å². The molecule has 0 aromatic carbocycles. The molecule has 0 saturated carbocycles. The average molecular weight is 187 g/mol. The van der Waals surface area contributed by atoms with Gasteiger partial charge in [0.15, 0.2) is 0 Å². The lowest BCUT2D eigenvalue weighted by Gasteiger charge is -2.22. The van der Waals surface area contributed by atoms with Crippen LogP contribution in [0, 0.1) is 0 Å². The number of ether oxygens (including phenoxy) is 1. The Kier molecular flexibility index (Phi) is 4.57. The second-order valence-corrected chi connectivity index (χ2v) is 4.00. The van der Waals surface area contributed by atoms with Crippen molar-refractivity contribution < 1.29 is 4.74 Å². The van der Waals surface area contributed by atoms with E-state index in [1.54, 1.807) is 18.9 Å². The molecule has 0 aliphatic heterocycles. The molecule has 12 heavy (non-hydrogen) atoms. The number of thioether (sulfide) groups is 1. The minimum Gasteiger partial charge on any atom is -0.373 e. The molecule has 0 rings (SSSR count). The van der Waals surface area contributed by atoms with E-state index in [-0.39, 0.29) is 5.60 Å². The maximum atomic E-state index is 5.23. The van der Waals surface area contributed by atoms with E-state index in [1.165, 1.54) is 0 Å². The van der Waals surface area contributed by atoms with Crippen molar-refractivity contribution in [1.82, 2.24) is 0 Å². The fourth-order valence-electron chi connectivity index (χ4n) is 0.488. The van der Waals surface area contributed by atoms with E-state index in [9.17, 15) is 0 Å². The minimum absolute atomic E-state index is 0.364. The number of hydrogen-bond donors (Lipinski definition) is 0. The molecule has 0 amide bonds. The first-order valence-electron chi connectivity index (χ1n) is 3.78. The minimum atomic E-state index is -0.364. The second kappa shape index (κ2) is 4.67. The number of rotatable bonds is 3. The van der Waals surface area contributed by atoms with E-state index in [2.05, 4.69) is 11.6 Å². The van der Waals surface area contributed by atoms with E-state index in [1.807, 2.05) is 27.0 Å². The van der Waals surface area contributed by atoms with Gasteiger partial charge in [-0.05, 0) is 27.0 Å². The van der Waals surface area contributed by atoms with Gasteiger partial charge >= 0.3 is 0 Å². The molecular formula is C9H17NOS. The van der Waals surface area contributed by atoms with Gasteiger partial charge in [0, 0.05) is 7.11 Å². The lowest BCUT2D eigenvalue weighted by molar-refractivity contribution is 0.0545.